The number of benzene rings is 1. The zero-order valence-corrected chi connectivity index (χ0v) is 13.0. The summed E-state index contributed by atoms with van der Waals surface area (Å²) in [6.45, 7) is 4.19. The lowest BCUT2D eigenvalue weighted by Gasteiger charge is -2.15. The maximum atomic E-state index is 6.17. The topological polar surface area (TPSA) is 63.8 Å². The zero-order valence-electron chi connectivity index (χ0n) is 11.4. The van der Waals surface area contributed by atoms with E-state index in [4.69, 9.17) is 17.4 Å². The molecule has 0 amide bonds. The number of hydrogen-bond acceptors (Lipinski definition) is 5. The number of thioether (sulfide) groups is 1. The molecule has 20 heavy (non-hydrogen) atoms. The van der Waals surface area contributed by atoms with Gasteiger partial charge in [-0.15, -0.1) is 11.8 Å². The summed E-state index contributed by atoms with van der Waals surface area (Å²) >= 11 is 7.81. The molecule has 0 bridgehead atoms. The number of nitrogens with zero attached hydrogens (tertiary/aromatic N) is 2. The first-order chi connectivity index (χ1) is 9.63. The number of halogens is 1. The minimum absolute atomic E-state index is 0.288. The molecule has 0 unspecified atom stereocenters. The first-order valence-electron chi connectivity index (χ1n) is 6.31. The molecular formula is C14H17ClN4S. The Kier molecular flexibility index (Phi) is 5.23. The van der Waals surface area contributed by atoms with Crippen LogP contribution in [0.15, 0.2) is 35.6 Å². The van der Waals surface area contributed by atoms with Crippen molar-refractivity contribution in [2.24, 2.45) is 5.84 Å². The second kappa shape index (κ2) is 6.92. The van der Waals surface area contributed by atoms with Crippen molar-refractivity contribution in [3.8, 4) is 0 Å². The molecule has 4 nitrogen and oxygen atoms in total. The van der Waals surface area contributed by atoms with E-state index in [1.165, 1.54) is 6.33 Å². The summed E-state index contributed by atoms with van der Waals surface area (Å²) in [7, 11) is 0. The molecule has 2 aromatic rings. The van der Waals surface area contributed by atoms with Crippen LogP contribution < -0.4 is 11.3 Å². The Morgan fingerprint density at radius 3 is 2.70 bits per heavy atom. The second-order valence-corrected chi connectivity index (χ2v) is 5.99. The number of rotatable bonds is 5. The summed E-state index contributed by atoms with van der Waals surface area (Å²) in [4.78, 5) is 8.53. The number of nitrogens with two attached hydrogens (primary N) is 1. The minimum Gasteiger partial charge on any atom is -0.308 e. The smallest absolute Gasteiger partial charge is 0.147 e. The number of anilines is 1. The van der Waals surface area contributed by atoms with Crippen LogP contribution in [0.1, 0.15) is 30.9 Å². The second-order valence-electron chi connectivity index (χ2n) is 4.62. The van der Waals surface area contributed by atoms with Gasteiger partial charge in [-0.1, -0.05) is 43.6 Å². The predicted molar refractivity (Wildman–Crippen MR) is 84.9 cm³/mol. The van der Waals surface area contributed by atoms with Crippen molar-refractivity contribution in [2.45, 2.75) is 30.5 Å². The lowest BCUT2D eigenvalue weighted by molar-refractivity contribution is 0.804. The van der Waals surface area contributed by atoms with Gasteiger partial charge in [0, 0.05) is 16.3 Å². The Labute approximate surface area is 128 Å². The molecule has 0 aliphatic carbocycles. The Hall–Kier alpha value is -1.30. The molecule has 106 valence electrons. The fourth-order valence-corrected chi connectivity index (χ4v) is 3.33. The average Bonchev–Trinajstić information content (AvgIpc) is 2.45. The summed E-state index contributed by atoms with van der Waals surface area (Å²) in [6, 6.07) is 7.83. The highest BCUT2D eigenvalue weighted by molar-refractivity contribution is 7.98. The van der Waals surface area contributed by atoms with E-state index in [-0.39, 0.29) is 5.92 Å². The van der Waals surface area contributed by atoms with Gasteiger partial charge in [0.1, 0.15) is 17.2 Å². The summed E-state index contributed by atoms with van der Waals surface area (Å²) < 4.78 is 0. The molecular weight excluding hydrogens is 292 g/mol. The molecule has 0 fully saturated rings. The Balaban J connectivity index is 2.24. The number of nitrogen functional groups attached to an aromatic ring is 1. The Bertz CT molecular complexity index is 589. The molecule has 0 aliphatic heterocycles. The van der Waals surface area contributed by atoms with Crippen molar-refractivity contribution < 1.29 is 0 Å². The molecule has 0 radical (unpaired) electrons. The van der Waals surface area contributed by atoms with Crippen molar-refractivity contribution in [3.63, 3.8) is 0 Å². The molecule has 1 heterocycles. The van der Waals surface area contributed by atoms with Gasteiger partial charge in [0.05, 0.1) is 0 Å². The molecule has 0 saturated carbocycles. The lowest BCUT2D eigenvalue weighted by atomic mass is 10.1. The maximum Gasteiger partial charge on any atom is 0.147 e. The fourth-order valence-electron chi connectivity index (χ4n) is 1.89. The van der Waals surface area contributed by atoms with E-state index >= 15 is 0 Å². The minimum atomic E-state index is 0.288. The summed E-state index contributed by atoms with van der Waals surface area (Å²) in [5.41, 5.74) is 4.76. The van der Waals surface area contributed by atoms with Gasteiger partial charge in [0.2, 0.25) is 0 Å². The Morgan fingerprint density at radius 1 is 1.30 bits per heavy atom. The van der Waals surface area contributed by atoms with E-state index in [1.807, 2.05) is 24.3 Å². The third-order valence-electron chi connectivity index (χ3n) is 2.88. The van der Waals surface area contributed by atoms with Crippen LogP contribution >= 0.6 is 23.4 Å². The molecule has 0 spiro atoms. The maximum absolute atomic E-state index is 6.17. The predicted octanol–water partition coefficient (Wildman–Crippen LogP) is 3.83. The van der Waals surface area contributed by atoms with Gasteiger partial charge in [0.15, 0.2) is 0 Å². The molecule has 0 atom stereocenters. The van der Waals surface area contributed by atoms with E-state index < -0.39 is 0 Å². The molecule has 1 aromatic heterocycles. The van der Waals surface area contributed by atoms with Crippen molar-refractivity contribution >= 4 is 29.2 Å². The standard InChI is InChI=1S/C14H17ClN4S/c1-9(2)12-13(19-16)17-8-18-14(12)20-7-10-5-3-4-6-11(10)15/h3-6,8-9H,7,16H2,1-2H3,(H,17,18,19). The molecule has 2 rings (SSSR count). The van der Waals surface area contributed by atoms with Crippen LogP contribution in [0, 0.1) is 0 Å². The summed E-state index contributed by atoms with van der Waals surface area (Å²) in [5.74, 6) is 7.25. The highest BCUT2D eigenvalue weighted by Gasteiger charge is 2.15. The van der Waals surface area contributed by atoms with Crippen LogP contribution in [0.4, 0.5) is 5.82 Å². The zero-order chi connectivity index (χ0) is 14.5. The molecule has 1 aromatic carbocycles. The average molecular weight is 309 g/mol. The third-order valence-corrected chi connectivity index (χ3v) is 4.31. The van der Waals surface area contributed by atoms with Crippen molar-refractivity contribution in [3.05, 3.63) is 46.7 Å². The third kappa shape index (κ3) is 3.42. The number of hydrazine groups is 1. The monoisotopic (exact) mass is 308 g/mol. The summed E-state index contributed by atoms with van der Waals surface area (Å²) in [5, 5.41) is 1.71. The van der Waals surface area contributed by atoms with Crippen LogP contribution in [0.25, 0.3) is 0 Å². The van der Waals surface area contributed by atoms with Crippen LogP contribution in [0.5, 0.6) is 0 Å². The van der Waals surface area contributed by atoms with Gasteiger partial charge in [-0.2, -0.15) is 0 Å². The number of nitrogens with one attached hydrogen (secondary N) is 1. The first-order valence-corrected chi connectivity index (χ1v) is 7.67. The van der Waals surface area contributed by atoms with Gasteiger partial charge in [-0.05, 0) is 17.5 Å². The van der Waals surface area contributed by atoms with Gasteiger partial charge in [0.25, 0.3) is 0 Å². The molecule has 3 N–H and O–H groups in total. The van der Waals surface area contributed by atoms with Crippen LogP contribution in [0.3, 0.4) is 0 Å². The molecule has 0 saturated heterocycles. The van der Waals surface area contributed by atoms with Crippen LogP contribution in [0.2, 0.25) is 5.02 Å². The lowest BCUT2D eigenvalue weighted by Crippen LogP contribution is -2.13. The van der Waals surface area contributed by atoms with E-state index in [9.17, 15) is 0 Å². The van der Waals surface area contributed by atoms with Crippen LogP contribution in [-0.2, 0) is 5.75 Å². The number of aromatic nitrogens is 2. The van der Waals surface area contributed by atoms with E-state index in [2.05, 4.69) is 29.2 Å². The van der Waals surface area contributed by atoms with Crippen molar-refractivity contribution in [1.29, 1.82) is 0 Å². The number of hydrogen-bond donors (Lipinski definition) is 2. The van der Waals surface area contributed by atoms with Gasteiger partial charge >= 0.3 is 0 Å². The van der Waals surface area contributed by atoms with Crippen molar-refractivity contribution in [2.75, 3.05) is 5.43 Å². The van der Waals surface area contributed by atoms with Crippen LogP contribution in [-0.4, -0.2) is 9.97 Å². The summed E-state index contributed by atoms with van der Waals surface area (Å²) in [6.07, 6.45) is 1.52. The van der Waals surface area contributed by atoms with Crippen molar-refractivity contribution in [1.82, 2.24) is 9.97 Å². The van der Waals surface area contributed by atoms with Gasteiger partial charge in [-0.3, -0.25) is 0 Å². The highest BCUT2D eigenvalue weighted by Crippen LogP contribution is 2.33. The fraction of sp³-hybridized carbons (Fsp3) is 0.286. The Morgan fingerprint density at radius 2 is 2.05 bits per heavy atom. The van der Waals surface area contributed by atoms with E-state index in [1.54, 1.807) is 11.8 Å². The highest BCUT2D eigenvalue weighted by atomic mass is 35.5. The van der Waals surface area contributed by atoms with E-state index in [0.29, 0.717) is 5.82 Å². The normalized spacial score (nSPS) is 10.8. The van der Waals surface area contributed by atoms with Gasteiger partial charge in [-0.25, -0.2) is 15.8 Å². The first kappa shape index (κ1) is 15.1. The molecule has 0 aliphatic rings. The largest absolute Gasteiger partial charge is 0.308 e. The van der Waals surface area contributed by atoms with Gasteiger partial charge < -0.3 is 5.43 Å². The SMILES string of the molecule is CC(C)c1c(NN)ncnc1SCc1ccccc1Cl. The quantitative estimate of drug-likeness (QED) is 0.380. The van der Waals surface area contributed by atoms with E-state index in [0.717, 1.165) is 26.9 Å². The molecule has 6 heteroatoms.